The Bertz CT molecular complexity index is 732. The first-order valence-corrected chi connectivity index (χ1v) is 10.0. The normalized spacial score (nSPS) is 33.2. The van der Waals surface area contributed by atoms with Crippen LogP contribution in [0.2, 0.25) is 0 Å². The number of ether oxygens (including phenoxy) is 3. The second kappa shape index (κ2) is 8.23. The van der Waals surface area contributed by atoms with Crippen LogP contribution in [0.3, 0.4) is 0 Å². The SMILES string of the molecule is COc1cc2cc(c1F)C(C)OC(=O)NCCCOC1CCC3NNC2C3C1. The summed E-state index contributed by atoms with van der Waals surface area (Å²) in [5.41, 5.74) is 8.00. The van der Waals surface area contributed by atoms with Crippen LogP contribution < -0.4 is 20.9 Å². The van der Waals surface area contributed by atoms with Crippen molar-refractivity contribution in [1.29, 1.82) is 0 Å². The van der Waals surface area contributed by atoms with Gasteiger partial charge in [-0.05, 0) is 56.2 Å². The zero-order valence-electron chi connectivity index (χ0n) is 16.3. The van der Waals surface area contributed by atoms with Crippen LogP contribution in [0.15, 0.2) is 12.1 Å². The van der Waals surface area contributed by atoms with Crippen molar-refractivity contribution >= 4 is 6.09 Å². The summed E-state index contributed by atoms with van der Waals surface area (Å²) in [6, 6.07) is 3.88. The van der Waals surface area contributed by atoms with Crippen molar-refractivity contribution in [3.05, 3.63) is 29.1 Å². The highest BCUT2D eigenvalue weighted by atomic mass is 19.1. The fraction of sp³-hybridized carbons (Fsp3) is 0.650. The quantitative estimate of drug-likeness (QED) is 0.681. The molecule has 1 saturated carbocycles. The molecule has 5 atom stereocenters. The van der Waals surface area contributed by atoms with Gasteiger partial charge >= 0.3 is 6.09 Å². The van der Waals surface area contributed by atoms with Crippen molar-refractivity contribution in [2.75, 3.05) is 20.3 Å². The zero-order valence-corrected chi connectivity index (χ0v) is 16.3. The molecule has 1 aliphatic carbocycles. The maximum absolute atomic E-state index is 14.9. The summed E-state index contributed by atoms with van der Waals surface area (Å²) in [5, 5.41) is 2.70. The van der Waals surface area contributed by atoms with E-state index in [2.05, 4.69) is 16.2 Å². The first kappa shape index (κ1) is 19.4. The van der Waals surface area contributed by atoms with E-state index >= 15 is 0 Å². The third-order valence-corrected chi connectivity index (χ3v) is 6.04. The Kier molecular flexibility index (Phi) is 5.70. The number of alkyl carbamates (subject to hydrolysis) is 1. The Hall–Kier alpha value is -1.90. The molecule has 28 heavy (non-hydrogen) atoms. The summed E-state index contributed by atoms with van der Waals surface area (Å²) >= 11 is 0. The number of hydrogen-bond donors (Lipinski definition) is 3. The van der Waals surface area contributed by atoms with E-state index in [9.17, 15) is 9.18 Å². The average molecular weight is 393 g/mol. The van der Waals surface area contributed by atoms with Crippen LogP contribution in [-0.2, 0) is 9.47 Å². The number of amides is 1. The smallest absolute Gasteiger partial charge is 0.407 e. The summed E-state index contributed by atoms with van der Waals surface area (Å²) in [6.45, 7) is 2.73. The molecule has 1 saturated heterocycles. The Morgan fingerprint density at radius 3 is 2.93 bits per heavy atom. The van der Waals surface area contributed by atoms with Crippen molar-refractivity contribution in [3.8, 4) is 5.75 Å². The van der Waals surface area contributed by atoms with Gasteiger partial charge in [-0.15, -0.1) is 0 Å². The van der Waals surface area contributed by atoms with Gasteiger partial charge in [0, 0.05) is 24.8 Å². The lowest BCUT2D eigenvalue weighted by Gasteiger charge is -2.33. The van der Waals surface area contributed by atoms with E-state index in [1.165, 1.54) is 7.11 Å². The fourth-order valence-electron chi connectivity index (χ4n) is 4.54. The minimum Gasteiger partial charge on any atom is -0.494 e. The monoisotopic (exact) mass is 393 g/mol. The Morgan fingerprint density at radius 1 is 1.25 bits per heavy atom. The minimum atomic E-state index is -0.737. The molecule has 3 aliphatic rings. The average Bonchev–Trinajstić information content (AvgIpc) is 3.10. The van der Waals surface area contributed by atoms with Crippen molar-refractivity contribution in [2.24, 2.45) is 5.92 Å². The number of hydrogen-bond acceptors (Lipinski definition) is 6. The van der Waals surface area contributed by atoms with Crippen LogP contribution in [0, 0.1) is 11.7 Å². The molecule has 2 fully saturated rings. The number of benzene rings is 1. The lowest BCUT2D eigenvalue weighted by atomic mass is 9.78. The van der Waals surface area contributed by atoms with E-state index in [1.54, 1.807) is 19.1 Å². The van der Waals surface area contributed by atoms with Gasteiger partial charge < -0.3 is 19.5 Å². The number of nitrogens with one attached hydrogen (secondary N) is 3. The van der Waals surface area contributed by atoms with Crippen LogP contribution in [0.1, 0.15) is 55.9 Å². The number of cyclic esters (lactones) is 1. The van der Waals surface area contributed by atoms with Gasteiger partial charge in [-0.2, -0.15) is 0 Å². The lowest BCUT2D eigenvalue weighted by molar-refractivity contribution is 0.00710. The molecule has 3 N–H and O–H groups in total. The molecule has 0 spiro atoms. The zero-order chi connectivity index (χ0) is 19.7. The van der Waals surface area contributed by atoms with Gasteiger partial charge in [-0.25, -0.2) is 14.6 Å². The predicted octanol–water partition coefficient (Wildman–Crippen LogP) is 2.73. The summed E-state index contributed by atoms with van der Waals surface area (Å²) in [6.07, 6.45) is 2.58. The van der Waals surface area contributed by atoms with E-state index in [4.69, 9.17) is 14.2 Å². The fourth-order valence-corrected chi connectivity index (χ4v) is 4.54. The number of rotatable bonds is 1. The third kappa shape index (κ3) is 3.81. The number of carbonyl (C=O) groups is 1. The number of methoxy groups -OCH3 is 1. The summed E-state index contributed by atoms with van der Waals surface area (Å²) in [5.74, 6) is -0.00682. The highest BCUT2D eigenvalue weighted by Gasteiger charge is 2.42. The lowest BCUT2D eigenvalue weighted by Crippen LogP contribution is -2.37. The first-order valence-electron chi connectivity index (χ1n) is 10.0. The highest BCUT2D eigenvalue weighted by molar-refractivity contribution is 5.67. The van der Waals surface area contributed by atoms with Gasteiger partial charge in [0.05, 0.1) is 19.3 Å². The number of fused-ring (bicyclic) bond motifs is 4. The summed E-state index contributed by atoms with van der Waals surface area (Å²) in [4.78, 5) is 12.1. The maximum atomic E-state index is 14.9. The van der Waals surface area contributed by atoms with E-state index in [1.807, 2.05) is 0 Å². The number of halogens is 1. The standard InChI is InChI=1S/C20H28FN3O4/c1-11-14-8-12(9-17(26-2)18(14)21)19-15-10-13(4-5-16(15)23-24-19)27-7-3-6-22-20(25)28-11/h8-9,11,13,15-16,19,23-24H,3-7,10H2,1-2H3,(H,22,25). The van der Waals surface area contributed by atoms with Gasteiger partial charge in [0.25, 0.3) is 0 Å². The number of carbonyl (C=O) groups excluding carboxylic acids is 1. The number of hydrazine groups is 1. The van der Waals surface area contributed by atoms with E-state index in [0.717, 1.165) is 24.8 Å². The second-order valence-corrected chi connectivity index (χ2v) is 7.80. The van der Waals surface area contributed by atoms with Crippen molar-refractivity contribution in [3.63, 3.8) is 0 Å². The van der Waals surface area contributed by atoms with Crippen LogP contribution in [-0.4, -0.2) is 38.5 Å². The molecule has 4 rings (SSSR count). The Morgan fingerprint density at radius 2 is 2.11 bits per heavy atom. The second-order valence-electron chi connectivity index (χ2n) is 7.80. The molecule has 7 nitrogen and oxygen atoms in total. The van der Waals surface area contributed by atoms with Crippen LogP contribution >= 0.6 is 0 Å². The molecule has 1 amide bonds. The van der Waals surface area contributed by atoms with Crippen LogP contribution in [0.4, 0.5) is 9.18 Å². The van der Waals surface area contributed by atoms with Gasteiger partial charge in [0.15, 0.2) is 11.6 Å². The Labute approximate surface area is 164 Å². The van der Waals surface area contributed by atoms with Crippen molar-refractivity contribution < 1.29 is 23.4 Å². The molecule has 8 heteroatoms. The minimum absolute atomic E-state index is 0.0100. The van der Waals surface area contributed by atoms with Crippen molar-refractivity contribution in [2.45, 2.75) is 56.9 Å². The molecule has 154 valence electrons. The Balaban J connectivity index is 1.71. The van der Waals surface area contributed by atoms with Gasteiger partial charge in [0.2, 0.25) is 0 Å². The van der Waals surface area contributed by atoms with E-state index in [-0.39, 0.29) is 17.9 Å². The van der Waals surface area contributed by atoms with Gasteiger partial charge in [0.1, 0.15) is 6.10 Å². The van der Waals surface area contributed by atoms with Gasteiger partial charge in [-0.3, -0.25) is 5.43 Å². The summed E-state index contributed by atoms with van der Waals surface area (Å²) in [7, 11) is 1.44. The molecule has 2 aliphatic heterocycles. The molecule has 0 aromatic heterocycles. The van der Waals surface area contributed by atoms with Crippen LogP contribution in [0.25, 0.3) is 0 Å². The molecule has 4 bridgehead atoms. The van der Waals surface area contributed by atoms with E-state index < -0.39 is 18.0 Å². The van der Waals surface area contributed by atoms with E-state index in [0.29, 0.717) is 37.1 Å². The molecule has 1 aromatic rings. The highest BCUT2D eigenvalue weighted by Crippen LogP contribution is 2.41. The maximum Gasteiger partial charge on any atom is 0.407 e. The molecule has 1 aromatic carbocycles. The molecule has 0 radical (unpaired) electrons. The third-order valence-electron chi connectivity index (χ3n) is 6.04. The molecule has 5 unspecified atom stereocenters. The van der Waals surface area contributed by atoms with Crippen LogP contribution in [0.5, 0.6) is 5.75 Å². The molecule has 2 heterocycles. The summed E-state index contributed by atoms with van der Waals surface area (Å²) < 4.78 is 31.6. The first-order chi connectivity index (χ1) is 13.6. The topological polar surface area (TPSA) is 80.9 Å². The van der Waals surface area contributed by atoms with Gasteiger partial charge in [-0.1, -0.05) is 0 Å². The predicted molar refractivity (Wildman–Crippen MR) is 100 cm³/mol. The van der Waals surface area contributed by atoms with Crippen molar-refractivity contribution in [1.82, 2.24) is 16.2 Å². The largest absolute Gasteiger partial charge is 0.494 e. The molecular weight excluding hydrogens is 365 g/mol. The molecular formula is C20H28FN3O4.